The molecule has 4 heteroatoms. The van der Waals surface area contributed by atoms with E-state index in [-0.39, 0.29) is 0 Å². The molecule has 2 heterocycles. The highest BCUT2D eigenvalue weighted by atomic mass is 35.5. The monoisotopic (exact) mass is 272 g/mol. The summed E-state index contributed by atoms with van der Waals surface area (Å²) in [5, 5.41) is 2.42. The third-order valence-corrected chi connectivity index (χ3v) is 4.97. The van der Waals surface area contributed by atoms with Gasteiger partial charge in [-0.05, 0) is 45.7 Å². The van der Waals surface area contributed by atoms with E-state index < -0.39 is 0 Å². The molecule has 0 amide bonds. The predicted molar refractivity (Wildman–Crippen MR) is 75.5 cm³/mol. The van der Waals surface area contributed by atoms with E-state index in [1.54, 1.807) is 11.3 Å². The molecule has 0 aliphatic carbocycles. The molecule has 96 valence electrons. The molecule has 2 nitrogen and oxygen atoms in total. The van der Waals surface area contributed by atoms with Crippen molar-refractivity contribution >= 4 is 22.9 Å². The second kappa shape index (κ2) is 5.70. The van der Waals surface area contributed by atoms with Crippen LogP contribution in [0, 0.1) is 0 Å². The molecule has 1 aliphatic heterocycles. The van der Waals surface area contributed by atoms with Crippen molar-refractivity contribution < 1.29 is 0 Å². The Hall–Kier alpha value is -0.0900. The van der Waals surface area contributed by atoms with Gasteiger partial charge in [0.05, 0.1) is 10.4 Å². The maximum absolute atomic E-state index is 5.98. The number of hydrogen-bond acceptors (Lipinski definition) is 3. The van der Waals surface area contributed by atoms with Gasteiger partial charge in [0, 0.05) is 17.0 Å². The number of hydrazine groups is 1. The fraction of sp³-hybridized carbons (Fsp3) is 0.692. The number of rotatable bonds is 3. The lowest BCUT2D eigenvalue weighted by atomic mass is 10.00. The molecule has 3 unspecified atom stereocenters. The highest BCUT2D eigenvalue weighted by Crippen LogP contribution is 2.28. The van der Waals surface area contributed by atoms with Crippen molar-refractivity contribution in [3.63, 3.8) is 0 Å². The zero-order valence-corrected chi connectivity index (χ0v) is 12.3. The molecule has 3 atom stereocenters. The molecule has 0 radical (unpaired) electrons. The van der Waals surface area contributed by atoms with E-state index in [4.69, 9.17) is 11.6 Å². The van der Waals surface area contributed by atoms with Crippen LogP contribution < -0.4 is 5.43 Å². The van der Waals surface area contributed by atoms with E-state index in [1.165, 1.54) is 24.1 Å². The zero-order chi connectivity index (χ0) is 12.4. The van der Waals surface area contributed by atoms with Gasteiger partial charge in [0.1, 0.15) is 0 Å². The summed E-state index contributed by atoms with van der Waals surface area (Å²) in [6.45, 7) is 6.81. The van der Waals surface area contributed by atoms with Gasteiger partial charge in [-0.15, -0.1) is 11.3 Å². The average Bonchev–Trinajstić information content (AvgIpc) is 2.70. The standard InChI is InChI=1S/C13H21ClN2S/c1-9-5-4-6-10(2)16(9)15-11(3)12-7-8-13(14)17-12/h7-11,15H,4-6H2,1-3H3. The van der Waals surface area contributed by atoms with E-state index >= 15 is 0 Å². The van der Waals surface area contributed by atoms with Crippen molar-refractivity contribution in [2.75, 3.05) is 0 Å². The van der Waals surface area contributed by atoms with Gasteiger partial charge in [-0.1, -0.05) is 18.0 Å². The van der Waals surface area contributed by atoms with Crippen molar-refractivity contribution in [3.05, 3.63) is 21.3 Å². The molecule has 17 heavy (non-hydrogen) atoms. The third-order valence-electron chi connectivity index (χ3n) is 3.56. The van der Waals surface area contributed by atoms with Crippen LogP contribution >= 0.6 is 22.9 Å². The number of halogens is 1. The molecule has 2 rings (SSSR count). The molecule has 1 saturated heterocycles. The normalized spacial score (nSPS) is 28.2. The Labute approximate surface area is 113 Å². The second-order valence-corrected chi connectivity index (χ2v) is 6.78. The number of hydrogen-bond donors (Lipinski definition) is 1. The molecule has 0 aromatic carbocycles. The topological polar surface area (TPSA) is 15.3 Å². The lowest BCUT2D eigenvalue weighted by Crippen LogP contribution is -2.52. The van der Waals surface area contributed by atoms with Gasteiger partial charge in [-0.3, -0.25) is 0 Å². The average molecular weight is 273 g/mol. The van der Waals surface area contributed by atoms with Crippen LogP contribution in [0.5, 0.6) is 0 Å². The molecule has 1 aromatic heterocycles. The van der Waals surface area contributed by atoms with E-state index in [9.17, 15) is 0 Å². The Morgan fingerprint density at radius 2 is 2.00 bits per heavy atom. The summed E-state index contributed by atoms with van der Waals surface area (Å²) >= 11 is 7.64. The molecule has 1 aromatic rings. The molecule has 1 aliphatic rings. The summed E-state index contributed by atoms with van der Waals surface area (Å²) in [4.78, 5) is 1.31. The van der Waals surface area contributed by atoms with Gasteiger partial charge in [0.2, 0.25) is 0 Å². The Bertz CT molecular complexity index is 356. The Morgan fingerprint density at radius 3 is 2.53 bits per heavy atom. The van der Waals surface area contributed by atoms with Crippen LogP contribution in [0.1, 0.15) is 51.0 Å². The zero-order valence-electron chi connectivity index (χ0n) is 10.7. The van der Waals surface area contributed by atoms with Crippen LogP contribution in [-0.2, 0) is 0 Å². The smallest absolute Gasteiger partial charge is 0.0931 e. The van der Waals surface area contributed by atoms with E-state index in [0.717, 1.165) is 4.34 Å². The van der Waals surface area contributed by atoms with Crippen molar-refractivity contribution in [3.8, 4) is 0 Å². The maximum Gasteiger partial charge on any atom is 0.0931 e. The van der Waals surface area contributed by atoms with E-state index in [1.807, 2.05) is 6.07 Å². The molecule has 1 fully saturated rings. The lowest BCUT2D eigenvalue weighted by molar-refractivity contribution is 0.0325. The van der Waals surface area contributed by atoms with Crippen LogP contribution in [0.2, 0.25) is 4.34 Å². The van der Waals surface area contributed by atoms with Crippen LogP contribution in [0.15, 0.2) is 12.1 Å². The van der Waals surface area contributed by atoms with Crippen LogP contribution in [0.25, 0.3) is 0 Å². The maximum atomic E-state index is 5.98. The fourth-order valence-electron chi connectivity index (χ4n) is 2.52. The van der Waals surface area contributed by atoms with Crippen molar-refractivity contribution in [2.24, 2.45) is 0 Å². The number of nitrogens with zero attached hydrogens (tertiary/aromatic N) is 1. The predicted octanol–water partition coefficient (Wildman–Crippen LogP) is 4.23. The first kappa shape index (κ1) is 13.3. The van der Waals surface area contributed by atoms with Gasteiger partial charge in [-0.2, -0.15) is 0 Å². The minimum absolute atomic E-state index is 0.343. The van der Waals surface area contributed by atoms with E-state index in [0.29, 0.717) is 18.1 Å². The fourth-order valence-corrected chi connectivity index (χ4v) is 3.58. The first-order valence-electron chi connectivity index (χ1n) is 6.37. The van der Waals surface area contributed by atoms with Gasteiger partial charge in [-0.25, -0.2) is 10.4 Å². The van der Waals surface area contributed by atoms with Crippen molar-refractivity contribution in [1.29, 1.82) is 0 Å². The number of piperidine rings is 1. The molecular formula is C13H21ClN2S. The van der Waals surface area contributed by atoms with Gasteiger partial charge in [0.15, 0.2) is 0 Å². The summed E-state index contributed by atoms with van der Waals surface area (Å²) in [7, 11) is 0. The Kier molecular flexibility index (Phi) is 4.47. The SMILES string of the molecule is CC(NN1C(C)CCCC1C)c1ccc(Cl)s1. The molecular weight excluding hydrogens is 252 g/mol. The molecule has 0 saturated carbocycles. The van der Waals surface area contributed by atoms with Crippen LogP contribution in [-0.4, -0.2) is 17.1 Å². The molecule has 0 spiro atoms. The van der Waals surface area contributed by atoms with Gasteiger partial charge in [0.25, 0.3) is 0 Å². The quantitative estimate of drug-likeness (QED) is 0.886. The highest BCUT2D eigenvalue weighted by Gasteiger charge is 2.26. The summed E-state index contributed by atoms with van der Waals surface area (Å²) in [5.41, 5.74) is 3.63. The first-order valence-corrected chi connectivity index (χ1v) is 7.57. The summed E-state index contributed by atoms with van der Waals surface area (Å²) in [6, 6.07) is 5.68. The molecule has 0 bridgehead atoms. The Balaban J connectivity index is 1.99. The van der Waals surface area contributed by atoms with Crippen molar-refractivity contribution in [1.82, 2.24) is 10.4 Å². The van der Waals surface area contributed by atoms with Gasteiger partial charge < -0.3 is 0 Å². The minimum atomic E-state index is 0.343. The molecule has 1 N–H and O–H groups in total. The van der Waals surface area contributed by atoms with Crippen LogP contribution in [0.4, 0.5) is 0 Å². The van der Waals surface area contributed by atoms with Gasteiger partial charge >= 0.3 is 0 Å². The highest BCUT2D eigenvalue weighted by molar-refractivity contribution is 7.16. The summed E-state index contributed by atoms with van der Waals surface area (Å²) in [6.07, 6.45) is 3.92. The largest absolute Gasteiger partial charge is 0.247 e. The first-order chi connectivity index (χ1) is 8.08. The lowest BCUT2D eigenvalue weighted by Gasteiger charge is -2.40. The Morgan fingerprint density at radius 1 is 1.35 bits per heavy atom. The second-order valence-electron chi connectivity index (χ2n) is 5.03. The minimum Gasteiger partial charge on any atom is -0.247 e. The third kappa shape index (κ3) is 3.22. The number of nitrogens with one attached hydrogen (secondary N) is 1. The van der Waals surface area contributed by atoms with Crippen molar-refractivity contribution in [2.45, 2.75) is 58.2 Å². The van der Waals surface area contributed by atoms with E-state index in [2.05, 4.69) is 37.3 Å². The summed E-state index contributed by atoms with van der Waals surface area (Å²) < 4.78 is 0.869. The number of thiophene rings is 1. The van der Waals surface area contributed by atoms with Crippen LogP contribution in [0.3, 0.4) is 0 Å². The summed E-state index contributed by atoms with van der Waals surface area (Å²) in [5.74, 6) is 0.